The Hall–Kier alpha value is -4.26. The van der Waals surface area contributed by atoms with Gasteiger partial charge in [-0.2, -0.15) is 0 Å². The van der Waals surface area contributed by atoms with Crippen LogP contribution in [0.5, 0.6) is 0 Å². The number of aryl methyl sites for hydroxylation is 1. The highest BCUT2D eigenvalue weighted by Crippen LogP contribution is 2.61. The summed E-state index contributed by atoms with van der Waals surface area (Å²) in [7, 11) is 0. The van der Waals surface area contributed by atoms with Gasteiger partial charge in [-0.15, -0.1) is 0 Å². The molecule has 3 aromatic rings. The van der Waals surface area contributed by atoms with Crippen molar-refractivity contribution in [2.24, 2.45) is 11.8 Å². The van der Waals surface area contributed by atoms with E-state index >= 15 is 0 Å². The Morgan fingerprint density at radius 1 is 0.838 bits per heavy atom. The average Bonchev–Trinajstić information content (AvgIpc) is 3.17. The van der Waals surface area contributed by atoms with Gasteiger partial charge in [0.2, 0.25) is 11.8 Å². The maximum Gasteiger partial charge on any atom is 0.329 e. The number of hydrogen-bond acceptors (Lipinski definition) is 5. The number of likely N-dealkylation sites (tertiary alicyclic amines) is 1. The third kappa shape index (κ3) is 3.56. The highest BCUT2D eigenvalue weighted by atomic mass is 16.5. The zero-order chi connectivity index (χ0) is 25.8. The molecule has 1 saturated heterocycles. The lowest BCUT2D eigenvalue weighted by Gasteiger charge is -2.45. The molecule has 2 bridgehead atoms. The summed E-state index contributed by atoms with van der Waals surface area (Å²) in [5.41, 5.74) is 5.85. The predicted octanol–water partition coefficient (Wildman–Crippen LogP) is 3.76. The Balaban J connectivity index is 1.22. The van der Waals surface area contributed by atoms with Gasteiger partial charge in [-0.25, -0.2) is 4.79 Å². The van der Waals surface area contributed by atoms with Gasteiger partial charge in [0.25, 0.3) is 5.91 Å². The van der Waals surface area contributed by atoms with Crippen molar-refractivity contribution in [2.75, 3.05) is 11.9 Å². The molecule has 7 nitrogen and oxygen atoms in total. The number of nitrogens with one attached hydrogen (secondary N) is 1. The van der Waals surface area contributed by atoms with Crippen LogP contribution in [0, 0.1) is 18.8 Å². The fraction of sp³-hybridized carbons (Fsp3) is 0.267. The van der Waals surface area contributed by atoms with Crippen LogP contribution in [0.1, 0.15) is 46.6 Å². The highest BCUT2D eigenvalue weighted by molar-refractivity contribution is 6.10. The Bertz CT molecular complexity index is 1350. The molecule has 186 valence electrons. The van der Waals surface area contributed by atoms with Crippen molar-refractivity contribution in [1.29, 1.82) is 0 Å². The number of rotatable bonds is 5. The molecule has 0 spiro atoms. The average molecular weight is 495 g/mol. The van der Waals surface area contributed by atoms with Crippen LogP contribution >= 0.6 is 0 Å². The van der Waals surface area contributed by atoms with Crippen LogP contribution in [0.4, 0.5) is 5.69 Å². The molecule has 1 N–H and O–H groups in total. The second-order valence-corrected chi connectivity index (χ2v) is 10.0. The number of benzene rings is 3. The highest BCUT2D eigenvalue weighted by Gasteiger charge is 2.62. The van der Waals surface area contributed by atoms with Gasteiger partial charge in [0, 0.05) is 17.5 Å². The molecule has 37 heavy (non-hydrogen) atoms. The standard InChI is InChI=1S/C30H26N2O5/c1-16-8-7-9-18(14-16)31-23(33)15-37-30(36)17(2)32-28(34)26-24-19-10-3-4-11-20(19)25(27(26)29(32)35)22-13-6-5-12-21(22)24/h3-14,17,24-27H,15H2,1-2H3,(H,31,33)/t17-,24?,25?,26-,27+/m1/s1. The minimum Gasteiger partial charge on any atom is -0.454 e. The van der Waals surface area contributed by atoms with E-state index in [0.717, 1.165) is 32.7 Å². The topological polar surface area (TPSA) is 92.8 Å². The Kier molecular flexibility index (Phi) is 5.44. The zero-order valence-corrected chi connectivity index (χ0v) is 20.5. The molecular formula is C30H26N2O5. The van der Waals surface area contributed by atoms with Crippen LogP contribution in [-0.2, 0) is 23.9 Å². The van der Waals surface area contributed by atoms with E-state index < -0.39 is 36.4 Å². The summed E-state index contributed by atoms with van der Waals surface area (Å²) in [6.07, 6.45) is 0. The molecule has 0 radical (unpaired) electrons. The van der Waals surface area contributed by atoms with Gasteiger partial charge in [0.1, 0.15) is 6.04 Å². The second-order valence-electron chi connectivity index (χ2n) is 10.0. The third-order valence-electron chi connectivity index (χ3n) is 7.86. The molecule has 0 saturated carbocycles. The molecule has 7 rings (SSSR count). The fourth-order valence-corrected chi connectivity index (χ4v) is 6.36. The molecule has 0 aromatic heterocycles. The Labute approximate surface area is 214 Å². The summed E-state index contributed by atoms with van der Waals surface area (Å²) in [6.45, 7) is 2.88. The number of carbonyl (C=O) groups excluding carboxylic acids is 4. The first kappa shape index (κ1) is 23.2. The summed E-state index contributed by atoms with van der Waals surface area (Å²) in [6, 6.07) is 22.1. The van der Waals surface area contributed by atoms with Crippen molar-refractivity contribution >= 4 is 29.4 Å². The van der Waals surface area contributed by atoms with E-state index in [0.29, 0.717) is 5.69 Å². The SMILES string of the molecule is Cc1cccc(NC(=O)COC(=O)[C@@H](C)N2C(=O)[C@@H]3C4c5ccccc5C(c5ccccc54)[C@@H]3C2=O)c1. The number of anilines is 1. The molecule has 3 atom stereocenters. The van der Waals surface area contributed by atoms with E-state index in [1.165, 1.54) is 6.92 Å². The van der Waals surface area contributed by atoms with Crippen molar-refractivity contribution in [3.05, 3.63) is 101 Å². The van der Waals surface area contributed by atoms with Crippen molar-refractivity contribution in [3.8, 4) is 0 Å². The summed E-state index contributed by atoms with van der Waals surface area (Å²) in [5, 5.41) is 2.68. The quantitative estimate of drug-likeness (QED) is 0.431. The smallest absolute Gasteiger partial charge is 0.329 e. The van der Waals surface area contributed by atoms with Crippen LogP contribution in [0.3, 0.4) is 0 Å². The second kappa shape index (κ2) is 8.69. The van der Waals surface area contributed by atoms with E-state index in [1.807, 2.05) is 67.6 Å². The number of carbonyl (C=O) groups is 4. The van der Waals surface area contributed by atoms with E-state index in [2.05, 4.69) is 5.32 Å². The number of hydrogen-bond donors (Lipinski definition) is 1. The maximum atomic E-state index is 13.7. The molecule has 7 heteroatoms. The molecular weight excluding hydrogens is 468 g/mol. The lowest BCUT2D eigenvalue weighted by Crippen LogP contribution is -2.45. The summed E-state index contributed by atoms with van der Waals surface area (Å²) in [4.78, 5) is 53.8. The molecule has 3 amide bonds. The van der Waals surface area contributed by atoms with Gasteiger partial charge in [0.05, 0.1) is 11.8 Å². The lowest BCUT2D eigenvalue weighted by atomic mass is 9.55. The van der Waals surface area contributed by atoms with Gasteiger partial charge in [-0.3, -0.25) is 19.3 Å². The monoisotopic (exact) mass is 494 g/mol. The number of ether oxygens (including phenoxy) is 1. The van der Waals surface area contributed by atoms with Crippen LogP contribution in [0.15, 0.2) is 72.8 Å². The van der Waals surface area contributed by atoms with Crippen molar-refractivity contribution in [1.82, 2.24) is 4.90 Å². The van der Waals surface area contributed by atoms with Gasteiger partial charge >= 0.3 is 5.97 Å². The van der Waals surface area contributed by atoms with Gasteiger partial charge in [-0.1, -0.05) is 60.7 Å². The van der Waals surface area contributed by atoms with Gasteiger partial charge < -0.3 is 10.1 Å². The number of amides is 3. The number of imide groups is 1. The normalized spacial score (nSPS) is 23.7. The first-order valence-electron chi connectivity index (χ1n) is 12.4. The Morgan fingerprint density at radius 3 is 1.84 bits per heavy atom. The molecule has 0 unspecified atom stereocenters. The molecule has 1 heterocycles. The van der Waals surface area contributed by atoms with Crippen LogP contribution < -0.4 is 5.32 Å². The first-order valence-corrected chi connectivity index (χ1v) is 12.4. The molecule has 1 aliphatic heterocycles. The van der Waals surface area contributed by atoms with Gasteiger partial charge in [0.15, 0.2) is 6.61 Å². The minimum atomic E-state index is -1.14. The van der Waals surface area contributed by atoms with Crippen LogP contribution in [0.2, 0.25) is 0 Å². The van der Waals surface area contributed by atoms with E-state index in [9.17, 15) is 19.2 Å². The van der Waals surface area contributed by atoms with Crippen molar-refractivity contribution in [2.45, 2.75) is 31.7 Å². The number of nitrogens with zero attached hydrogens (tertiary/aromatic N) is 1. The lowest BCUT2D eigenvalue weighted by molar-refractivity contribution is -0.159. The van der Waals surface area contributed by atoms with Crippen molar-refractivity contribution in [3.63, 3.8) is 0 Å². The summed E-state index contributed by atoms with van der Waals surface area (Å²) < 4.78 is 5.23. The first-order chi connectivity index (χ1) is 17.9. The molecule has 3 aliphatic carbocycles. The van der Waals surface area contributed by atoms with E-state index in [1.54, 1.807) is 12.1 Å². The summed E-state index contributed by atoms with van der Waals surface area (Å²) >= 11 is 0. The number of esters is 1. The largest absolute Gasteiger partial charge is 0.454 e. The molecule has 3 aromatic carbocycles. The molecule has 1 fully saturated rings. The summed E-state index contributed by atoms with van der Waals surface area (Å²) in [5.74, 6) is -3.63. The van der Waals surface area contributed by atoms with E-state index in [4.69, 9.17) is 4.74 Å². The fourth-order valence-electron chi connectivity index (χ4n) is 6.36. The maximum absolute atomic E-state index is 13.7. The molecule has 4 aliphatic rings. The van der Waals surface area contributed by atoms with Crippen molar-refractivity contribution < 1.29 is 23.9 Å². The van der Waals surface area contributed by atoms with Gasteiger partial charge in [-0.05, 0) is 53.8 Å². The Morgan fingerprint density at radius 2 is 1.35 bits per heavy atom. The minimum absolute atomic E-state index is 0.243. The van der Waals surface area contributed by atoms with Crippen LogP contribution in [0.25, 0.3) is 0 Å². The van der Waals surface area contributed by atoms with E-state index in [-0.39, 0.29) is 23.7 Å². The zero-order valence-electron chi connectivity index (χ0n) is 20.5. The predicted molar refractivity (Wildman–Crippen MR) is 136 cm³/mol. The third-order valence-corrected chi connectivity index (χ3v) is 7.86. The van der Waals surface area contributed by atoms with Crippen LogP contribution in [-0.4, -0.2) is 41.2 Å².